The molecule has 6 nitrogen and oxygen atoms in total. The fourth-order valence-electron chi connectivity index (χ4n) is 1.71. The van der Waals surface area contributed by atoms with E-state index in [9.17, 15) is 4.79 Å². The van der Waals surface area contributed by atoms with E-state index in [4.69, 9.17) is 5.73 Å². The highest BCUT2D eigenvalue weighted by Crippen LogP contribution is 2.14. The molecule has 3 N–H and O–H groups in total. The van der Waals surface area contributed by atoms with Gasteiger partial charge in [-0.3, -0.25) is 9.48 Å². The zero-order chi connectivity index (χ0) is 14.0. The topological polar surface area (TPSA) is 85.8 Å². The highest BCUT2D eigenvalue weighted by molar-refractivity contribution is 7.09. The molecular weight excluding hydrogens is 262 g/mol. The van der Waals surface area contributed by atoms with Crippen LogP contribution in [0.1, 0.15) is 22.1 Å². The number of thiazole rings is 1. The molecule has 0 saturated carbocycles. The van der Waals surface area contributed by atoms with Crippen LogP contribution in [0, 0.1) is 20.8 Å². The van der Waals surface area contributed by atoms with Crippen LogP contribution in [0.5, 0.6) is 0 Å². The molecule has 0 spiro atoms. The molecule has 0 aromatic carbocycles. The van der Waals surface area contributed by atoms with Gasteiger partial charge in [0, 0.05) is 11.1 Å². The van der Waals surface area contributed by atoms with E-state index in [0.29, 0.717) is 12.2 Å². The lowest BCUT2D eigenvalue weighted by atomic mass is 10.3. The van der Waals surface area contributed by atoms with Crippen molar-refractivity contribution >= 4 is 22.9 Å². The van der Waals surface area contributed by atoms with Gasteiger partial charge in [-0.25, -0.2) is 4.98 Å². The molecule has 0 aliphatic rings. The molecular formula is C12H17N5OS. The smallest absolute Gasteiger partial charge is 0.242 e. The number of amides is 1. The number of anilines is 1. The van der Waals surface area contributed by atoms with Crippen LogP contribution in [0.2, 0.25) is 0 Å². The van der Waals surface area contributed by atoms with Crippen LogP contribution in [0.25, 0.3) is 0 Å². The molecule has 102 valence electrons. The quantitative estimate of drug-likeness (QED) is 0.879. The number of nitrogen functional groups attached to an aromatic ring is 1. The van der Waals surface area contributed by atoms with Crippen molar-refractivity contribution in [1.82, 2.24) is 20.1 Å². The summed E-state index contributed by atoms with van der Waals surface area (Å²) in [5.74, 6) is -0.0987. The first-order valence-corrected chi connectivity index (χ1v) is 6.82. The van der Waals surface area contributed by atoms with Gasteiger partial charge in [0.15, 0.2) is 0 Å². The zero-order valence-corrected chi connectivity index (χ0v) is 12.0. The molecule has 2 aromatic heterocycles. The second kappa shape index (κ2) is 5.40. The Morgan fingerprint density at radius 2 is 2.21 bits per heavy atom. The van der Waals surface area contributed by atoms with Crippen molar-refractivity contribution in [3.63, 3.8) is 0 Å². The number of carbonyl (C=O) groups excluding carboxylic acids is 1. The van der Waals surface area contributed by atoms with Crippen molar-refractivity contribution < 1.29 is 4.79 Å². The fourth-order valence-corrected chi connectivity index (χ4v) is 2.43. The van der Waals surface area contributed by atoms with Crippen molar-refractivity contribution in [2.24, 2.45) is 0 Å². The number of carbonyl (C=O) groups is 1. The Hall–Kier alpha value is -1.89. The Labute approximate surface area is 115 Å². The summed E-state index contributed by atoms with van der Waals surface area (Å²) in [6, 6.07) is 0. The van der Waals surface area contributed by atoms with Crippen molar-refractivity contribution in [1.29, 1.82) is 0 Å². The van der Waals surface area contributed by atoms with Crippen molar-refractivity contribution in [3.8, 4) is 0 Å². The Morgan fingerprint density at radius 3 is 2.74 bits per heavy atom. The maximum atomic E-state index is 11.8. The first-order chi connectivity index (χ1) is 8.97. The van der Waals surface area contributed by atoms with E-state index < -0.39 is 0 Å². The summed E-state index contributed by atoms with van der Waals surface area (Å²) in [7, 11) is 0. The van der Waals surface area contributed by atoms with Crippen LogP contribution in [0.15, 0.2) is 5.38 Å². The summed E-state index contributed by atoms with van der Waals surface area (Å²) in [4.78, 5) is 16.1. The third kappa shape index (κ3) is 3.11. The normalized spacial score (nSPS) is 10.7. The Kier molecular flexibility index (Phi) is 3.84. The van der Waals surface area contributed by atoms with Crippen molar-refractivity contribution in [2.75, 3.05) is 5.73 Å². The summed E-state index contributed by atoms with van der Waals surface area (Å²) in [6.45, 7) is 6.24. The molecule has 2 heterocycles. The third-order valence-electron chi connectivity index (χ3n) is 2.83. The molecule has 19 heavy (non-hydrogen) atoms. The fraction of sp³-hybridized carbons (Fsp3) is 0.417. The average molecular weight is 279 g/mol. The molecule has 7 heteroatoms. The number of aromatic nitrogens is 3. The first-order valence-electron chi connectivity index (χ1n) is 5.94. The number of rotatable bonds is 4. The largest absolute Gasteiger partial charge is 0.396 e. The molecule has 0 aliphatic carbocycles. The number of hydrogen-bond donors (Lipinski definition) is 2. The van der Waals surface area contributed by atoms with E-state index in [1.54, 1.807) is 4.68 Å². The number of aryl methyl sites for hydroxylation is 2. The maximum absolute atomic E-state index is 11.8. The summed E-state index contributed by atoms with van der Waals surface area (Å²) >= 11 is 1.54. The van der Waals surface area contributed by atoms with E-state index >= 15 is 0 Å². The molecule has 1 amide bonds. The third-order valence-corrected chi connectivity index (χ3v) is 3.80. The SMILES string of the molecule is Cc1csc(CNC(=O)Cn2nc(C)c(N)c2C)n1. The molecule has 0 saturated heterocycles. The van der Waals surface area contributed by atoms with E-state index in [0.717, 1.165) is 22.1 Å². The number of nitrogens with zero attached hydrogens (tertiary/aromatic N) is 3. The predicted octanol–water partition coefficient (Wildman–Crippen LogP) is 1.16. The van der Waals surface area contributed by atoms with E-state index in [1.165, 1.54) is 11.3 Å². The Bertz CT molecular complexity index is 601. The minimum Gasteiger partial charge on any atom is -0.396 e. The number of nitrogens with two attached hydrogens (primary N) is 1. The van der Waals surface area contributed by atoms with Crippen LogP contribution >= 0.6 is 11.3 Å². The van der Waals surface area contributed by atoms with Gasteiger partial charge in [0.1, 0.15) is 11.6 Å². The molecule has 0 atom stereocenters. The van der Waals surface area contributed by atoms with Gasteiger partial charge in [-0.15, -0.1) is 11.3 Å². The van der Waals surface area contributed by atoms with Crippen molar-refractivity contribution in [3.05, 3.63) is 27.5 Å². The lowest BCUT2D eigenvalue weighted by molar-refractivity contribution is -0.122. The molecule has 0 aliphatic heterocycles. The van der Waals surface area contributed by atoms with Gasteiger partial charge in [0.25, 0.3) is 0 Å². The van der Waals surface area contributed by atoms with Crippen LogP contribution in [-0.2, 0) is 17.9 Å². The number of nitrogens with one attached hydrogen (secondary N) is 1. The minimum absolute atomic E-state index is 0.0987. The highest BCUT2D eigenvalue weighted by atomic mass is 32.1. The van der Waals surface area contributed by atoms with E-state index in [1.807, 2.05) is 26.2 Å². The molecule has 0 fully saturated rings. The zero-order valence-electron chi connectivity index (χ0n) is 11.2. The summed E-state index contributed by atoms with van der Waals surface area (Å²) in [6.07, 6.45) is 0. The van der Waals surface area contributed by atoms with Gasteiger partial charge in [0.2, 0.25) is 5.91 Å². The second-order valence-corrected chi connectivity index (χ2v) is 5.34. The highest BCUT2D eigenvalue weighted by Gasteiger charge is 2.11. The van der Waals surface area contributed by atoms with E-state index in [-0.39, 0.29) is 12.5 Å². The van der Waals surface area contributed by atoms with Gasteiger partial charge in [-0.05, 0) is 20.8 Å². The predicted molar refractivity (Wildman–Crippen MR) is 74.8 cm³/mol. The molecule has 2 aromatic rings. The monoisotopic (exact) mass is 279 g/mol. The average Bonchev–Trinajstić information content (AvgIpc) is 2.88. The van der Waals surface area contributed by atoms with Crippen molar-refractivity contribution in [2.45, 2.75) is 33.9 Å². The van der Waals surface area contributed by atoms with Crippen LogP contribution in [0.4, 0.5) is 5.69 Å². The molecule has 0 unspecified atom stereocenters. The van der Waals surface area contributed by atoms with Crippen LogP contribution in [-0.4, -0.2) is 20.7 Å². The van der Waals surface area contributed by atoms with Crippen LogP contribution < -0.4 is 11.1 Å². The first kappa shape index (κ1) is 13.5. The standard InChI is InChI=1S/C12H17N5OS/c1-7-6-19-11(15-7)4-14-10(18)5-17-9(3)12(13)8(2)16-17/h6H,4-5,13H2,1-3H3,(H,14,18). The van der Waals surface area contributed by atoms with Gasteiger partial charge < -0.3 is 11.1 Å². The number of hydrogen-bond acceptors (Lipinski definition) is 5. The lowest BCUT2D eigenvalue weighted by Gasteiger charge is -2.05. The summed E-state index contributed by atoms with van der Waals surface area (Å²) in [5, 5.41) is 9.91. The molecule has 2 rings (SSSR count). The summed E-state index contributed by atoms with van der Waals surface area (Å²) in [5.41, 5.74) is 9.01. The van der Waals surface area contributed by atoms with Crippen LogP contribution in [0.3, 0.4) is 0 Å². The lowest BCUT2D eigenvalue weighted by Crippen LogP contribution is -2.28. The summed E-state index contributed by atoms with van der Waals surface area (Å²) < 4.78 is 1.62. The van der Waals surface area contributed by atoms with Gasteiger partial charge >= 0.3 is 0 Å². The minimum atomic E-state index is -0.0987. The Morgan fingerprint density at radius 1 is 1.47 bits per heavy atom. The molecule has 0 radical (unpaired) electrons. The second-order valence-electron chi connectivity index (χ2n) is 4.40. The maximum Gasteiger partial charge on any atom is 0.242 e. The van der Waals surface area contributed by atoms with Gasteiger partial charge in [-0.1, -0.05) is 0 Å². The van der Waals surface area contributed by atoms with Gasteiger partial charge in [0.05, 0.1) is 23.6 Å². The van der Waals surface area contributed by atoms with Gasteiger partial charge in [-0.2, -0.15) is 5.10 Å². The Balaban J connectivity index is 1.92. The molecule has 0 bridgehead atoms. The van der Waals surface area contributed by atoms with E-state index in [2.05, 4.69) is 15.4 Å².